The second kappa shape index (κ2) is 8.99. The average Bonchev–Trinajstić information content (AvgIpc) is 3.04. The summed E-state index contributed by atoms with van der Waals surface area (Å²) in [6, 6.07) is 38.3. The molecule has 4 heterocycles. The number of fused-ring (bicyclic) bond motifs is 6. The Morgan fingerprint density at radius 2 is 1.02 bits per heavy atom. The molecule has 0 saturated heterocycles. The number of benzene rings is 4. The first-order valence-corrected chi connectivity index (χ1v) is 13.1. The van der Waals surface area contributed by atoms with E-state index in [1.54, 1.807) is 0 Å². The van der Waals surface area contributed by atoms with Gasteiger partial charge in [-0.15, -0.1) is 0 Å². The molecule has 6 heteroatoms. The Balaban J connectivity index is 1.44. The first-order chi connectivity index (χ1) is 19.8. The van der Waals surface area contributed by atoms with Crippen molar-refractivity contribution in [3.63, 3.8) is 0 Å². The molecule has 4 aromatic carbocycles. The maximum atomic E-state index is 5.14. The minimum atomic E-state index is 0.520. The smallest absolute Gasteiger partial charge is 0.183 e. The number of aromatic nitrogens is 6. The molecular formula is C34H20N6. The van der Waals surface area contributed by atoms with Gasteiger partial charge < -0.3 is 0 Å². The third-order valence-electron chi connectivity index (χ3n) is 7.12. The van der Waals surface area contributed by atoms with E-state index in [1.807, 2.05) is 85.1 Å². The van der Waals surface area contributed by atoms with E-state index in [9.17, 15) is 0 Å². The van der Waals surface area contributed by atoms with Crippen LogP contribution in [0, 0.1) is 0 Å². The molecule has 0 radical (unpaired) electrons. The molecule has 0 aliphatic heterocycles. The van der Waals surface area contributed by atoms with E-state index in [-0.39, 0.29) is 0 Å². The van der Waals surface area contributed by atoms with Gasteiger partial charge >= 0.3 is 0 Å². The zero-order valence-corrected chi connectivity index (χ0v) is 21.2. The standard InChI is InChI=1S/C34H20N6/c1-3-10-22(11-4-1)32-38-33(23-12-5-2-6-13-23)40-34(39-32)31-26-16-8-7-15-25(26)30-27(36-31)20-24-18-17-21-14-9-19-35-28(21)29(24)37-30/h1-20H. The van der Waals surface area contributed by atoms with Crippen molar-refractivity contribution in [1.29, 1.82) is 0 Å². The lowest BCUT2D eigenvalue weighted by atomic mass is 10.0. The lowest BCUT2D eigenvalue weighted by molar-refractivity contribution is 1.07. The highest BCUT2D eigenvalue weighted by atomic mass is 15.0. The number of rotatable bonds is 3. The van der Waals surface area contributed by atoms with E-state index in [0.29, 0.717) is 23.2 Å². The van der Waals surface area contributed by atoms with Gasteiger partial charge in [0, 0.05) is 38.9 Å². The van der Waals surface area contributed by atoms with Crippen LogP contribution < -0.4 is 0 Å². The average molecular weight is 513 g/mol. The summed E-state index contributed by atoms with van der Waals surface area (Å²) in [5.41, 5.74) is 5.88. The first kappa shape index (κ1) is 22.4. The molecule has 6 nitrogen and oxygen atoms in total. The summed E-state index contributed by atoms with van der Waals surface area (Å²) >= 11 is 0. The lowest BCUT2D eigenvalue weighted by Gasteiger charge is -2.12. The van der Waals surface area contributed by atoms with Gasteiger partial charge in [0.15, 0.2) is 17.5 Å². The van der Waals surface area contributed by atoms with Gasteiger partial charge in [0.1, 0.15) is 5.69 Å². The van der Waals surface area contributed by atoms with Gasteiger partial charge in [-0.05, 0) is 12.1 Å². The second-order valence-electron chi connectivity index (χ2n) is 9.61. The van der Waals surface area contributed by atoms with Crippen LogP contribution in [-0.4, -0.2) is 29.9 Å². The molecule has 40 heavy (non-hydrogen) atoms. The zero-order valence-electron chi connectivity index (χ0n) is 21.2. The summed E-state index contributed by atoms with van der Waals surface area (Å²) in [6.45, 7) is 0. The van der Waals surface area contributed by atoms with Crippen molar-refractivity contribution in [2.45, 2.75) is 0 Å². The Morgan fingerprint density at radius 1 is 0.400 bits per heavy atom. The summed E-state index contributed by atoms with van der Waals surface area (Å²) in [5.74, 6) is 1.72. The van der Waals surface area contributed by atoms with Crippen molar-refractivity contribution in [2.75, 3.05) is 0 Å². The van der Waals surface area contributed by atoms with E-state index in [0.717, 1.165) is 54.7 Å². The van der Waals surface area contributed by atoms with Gasteiger partial charge in [-0.1, -0.05) is 103 Å². The maximum Gasteiger partial charge on any atom is 0.183 e. The minimum absolute atomic E-state index is 0.520. The predicted molar refractivity (Wildman–Crippen MR) is 160 cm³/mol. The molecule has 0 amide bonds. The molecule has 0 fully saturated rings. The van der Waals surface area contributed by atoms with E-state index >= 15 is 0 Å². The monoisotopic (exact) mass is 512 g/mol. The molecule has 4 aromatic heterocycles. The highest BCUT2D eigenvalue weighted by Gasteiger charge is 2.18. The summed E-state index contributed by atoms with van der Waals surface area (Å²) in [5, 5.41) is 3.96. The fourth-order valence-corrected chi connectivity index (χ4v) is 5.21. The number of pyridine rings is 3. The Morgan fingerprint density at radius 3 is 1.75 bits per heavy atom. The predicted octanol–water partition coefficient (Wildman–Crippen LogP) is 7.67. The third kappa shape index (κ3) is 3.66. The van der Waals surface area contributed by atoms with Crippen LogP contribution in [0.15, 0.2) is 121 Å². The highest BCUT2D eigenvalue weighted by molar-refractivity contribution is 6.13. The summed E-state index contributed by atoms with van der Waals surface area (Å²) in [4.78, 5) is 29.6. The lowest BCUT2D eigenvalue weighted by Crippen LogP contribution is -2.02. The first-order valence-electron chi connectivity index (χ1n) is 13.1. The van der Waals surface area contributed by atoms with Gasteiger partial charge in [-0.2, -0.15) is 0 Å². The van der Waals surface area contributed by atoms with Gasteiger partial charge in [0.2, 0.25) is 0 Å². The fraction of sp³-hybridized carbons (Fsp3) is 0. The summed E-state index contributed by atoms with van der Waals surface area (Å²) in [6.07, 6.45) is 1.81. The quantitative estimate of drug-likeness (QED) is 0.179. The van der Waals surface area contributed by atoms with Crippen LogP contribution >= 0.6 is 0 Å². The van der Waals surface area contributed by atoms with Crippen molar-refractivity contribution in [3.8, 4) is 34.3 Å². The van der Waals surface area contributed by atoms with Crippen molar-refractivity contribution in [2.24, 2.45) is 0 Å². The van der Waals surface area contributed by atoms with Crippen LogP contribution in [-0.2, 0) is 0 Å². The molecule has 186 valence electrons. The molecular weight excluding hydrogens is 492 g/mol. The van der Waals surface area contributed by atoms with Crippen LogP contribution in [0.5, 0.6) is 0 Å². The topological polar surface area (TPSA) is 77.3 Å². The molecule has 0 bridgehead atoms. The van der Waals surface area contributed by atoms with Crippen molar-refractivity contribution < 1.29 is 0 Å². The van der Waals surface area contributed by atoms with Gasteiger partial charge in [-0.25, -0.2) is 24.9 Å². The molecule has 0 saturated carbocycles. The van der Waals surface area contributed by atoms with E-state index in [2.05, 4.69) is 41.4 Å². The molecule has 0 aliphatic carbocycles. The van der Waals surface area contributed by atoms with Crippen LogP contribution in [0.2, 0.25) is 0 Å². The minimum Gasteiger partial charge on any atom is -0.254 e. The van der Waals surface area contributed by atoms with Crippen molar-refractivity contribution in [3.05, 3.63) is 121 Å². The number of hydrogen-bond acceptors (Lipinski definition) is 6. The summed E-state index contributed by atoms with van der Waals surface area (Å²) in [7, 11) is 0. The van der Waals surface area contributed by atoms with E-state index in [4.69, 9.17) is 24.9 Å². The third-order valence-corrected chi connectivity index (χ3v) is 7.12. The molecule has 0 N–H and O–H groups in total. The van der Waals surface area contributed by atoms with Gasteiger partial charge in [-0.3, -0.25) is 4.98 Å². The fourth-order valence-electron chi connectivity index (χ4n) is 5.21. The largest absolute Gasteiger partial charge is 0.254 e. The molecule has 0 atom stereocenters. The molecule has 8 rings (SSSR count). The summed E-state index contributed by atoms with van der Waals surface area (Å²) < 4.78 is 0. The number of hydrogen-bond donors (Lipinski definition) is 0. The second-order valence-corrected chi connectivity index (χ2v) is 9.61. The van der Waals surface area contributed by atoms with Crippen LogP contribution in [0.1, 0.15) is 0 Å². The van der Waals surface area contributed by atoms with Crippen molar-refractivity contribution >= 4 is 43.6 Å². The Kier molecular flexibility index (Phi) is 5.03. The van der Waals surface area contributed by atoms with Crippen LogP contribution in [0.25, 0.3) is 77.9 Å². The Bertz CT molecular complexity index is 2160. The van der Waals surface area contributed by atoms with Gasteiger partial charge in [0.05, 0.1) is 22.1 Å². The molecule has 0 spiro atoms. The van der Waals surface area contributed by atoms with Crippen LogP contribution in [0.4, 0.5) is 0 Å². The number of nitrogens with zero attached hydrogens (tertiary/aromatic N) is 6. The SMILES string of the molecule is c1ccc(-c2nc(-c3ccccc3)nc(-c3nc4cc5ccc6cccnc6c5nc4c4ccccc34)n2)cc1. The Labute approximate surface area is 229 Å². The van der Waals surface area contributed by atoms with Crippen LogP contribution in [0.3, 0.4) is 0 Å². The molecule has 0 aliphatic rings. The molecule has 8 aromatic rings. The van der Waals surface area contributed by atoms with E-state index in [1.165, 1.54) is 0 Å². The maximum absolute atomic E-state index is 5.14. The van der Waals surface area contributed by atoms with Crippen molar-refractivity contribution in [1.82, 2.24) is 29.9 Å². The van der Waals surface area contributed by atoms with Gasteiger partial charge in [0.25, 0.3) is 0 Å². The zero-order chi connectivity index (χ0) is 26.5. The highest BCUT2D eigenvalue weighted by Crippen LogP contribution is 2.34. The molecule has 0 unspecified atom stereocenters. The Hall–Kier alpha value is -5.62. The van der Waals surface area contributed by atoms with E-state index < -0.39 is 0 Å². The normalized spacial score (nSPS) is 11.5.